The Kier molecular flexibility index (Phi) is 3.53. The van der Waals surface area contributed by atoms with Gasteiger partial charge in [0.05, 0.1) is 11.6 Å². The molecule has 1 amide bonds. The molecule has 0 unspecified atom stereocenters. The van der Waals surface area contributed by atoms with Crippen molar-refractivity contribution in [3.63, 3.8) is 0 Å². The van der Waals surface area contributed by atoms with Crippen LogP contribution < -0.4 is 15.2 Å². The van der Waals surface area contributed by atoms with Gasteiger partial charge >= 0.3 is 0 Å². The highest BCUT2D eigenvalue weighted by Crippen LogP contribution is 2.48. The lowest BCUT2D eigenvalue weighted by atomic mass is 9.75. The molecular weight excluding hydrogens is 330 g/mol. The minimum Gasteiger partial charge on any atom is -0.454 e. The minimum atomic E-state index is -0.833. The lowest BCUT2D eigenvalue weighted by molar-refractivity contribution is -0.140. The van der Waals surface area contributed by atoms with Crippen molar-refractivity contribution < 1.29 is 14.3 Å². The fourth-order valence-corrected chi connectivity index (χ4v) is 5.46. The summed E-state index contributed by atoms with van der Waals surface area (Å²) in [4.78, 5) is 17.8. The van der Waals surface area contributed by atoms with Crippen LogP contribution in [0.1, 0.15) is 38.2 Å². The van der Waals surface area contributed by atoms with Gasteiger partial charge in [0.2, 0.25) is 12.7 Å². The standard InChI is InChI=1S/C20H27N3O3/c1-20(2,21)19(24)23-10-14(13-3-4-15-16(9-13)26-11-25-15)18-17(23)12-5-7-22(18)8-6-12/h3-4,9,12,14,17-18H,5-8,10-11,21H2,1-2H3/t14-,17+,18+/m0/s1. The van der Waals surface area contributed by atoms with Crippen LogP contribution in [0.25, 0.3) is 0 Å². The maximum absolute atomic E-state index is 13.1. The van der Waals surface area contributed by atoms with E-state index in [4.69, 9.17) is 15.2 Å². The van der Waals surface area contributed by atoms with Gasteiger partial charge in [-0.15, -0.1) is 0 Å². The fourth-order valence-electron chi connectivity index (χ4n) is 5.46. The smallest absolute Gasteiger partial charge is 0.242 e. The van der Waals surface area contributed by atoms with Gasteiger partial charge in [0.1, 0.15) is 0 Å². The zero-order valence-corrected chi connectivity index (χ0v) is 15.5. The first-order valence-corrected chi connectivity index (χ1v) is 9.67. The Morgan fingerprint density at radius 1 is 1.15 bits per heavy atom. The van der Waals surface area contributed by atoms with Crippen molar-refractivity contribution >= 4 is 5.91 Å². The van der Waals surface area contributed by atoms with E-state index in [2.05, 4.69) is 21.9 Å². The van der Waals surface area contributed by atoms with Gasteiger partial charge in [-0.05, 0) is 63.4 Å². The maximum atomic E-state index is 13.1. The summed E-state index contributed by atoms with van der Waals surface area (Å²) in [7, 11) is 0. The van der Waals surface area contributed by atoms with Crippen LogP contribution in [0.4, 0.5) is 0 Å². The van der Waals surface area contributed by atoms with E-state index >= 15 is 0 Å². The highest BCUT2D eigenvalue weighted by atomic mass is 16.7. The molecular formula is C20H27N3O3. The molecule has 4 saturated heterocycles. The highest BCUT2D eigenvalue weighted by molar-refractivity contribution is 5.86. The Balaban J connectivity index is 1.53. The topological polar surface area (TPSA) is 68.0 Å². The Morgan fingerprint density at radius 2 is 1.88 bits per heavy atom. The van der Waals surface area contributed by atoms with Crippen LogP contribution in [0.2, 0.25) is 0 Å². The fraction of sp³-hybridized carbons (Fsp3) is 0.650. The molecule has 5 aliphatic heterocycles. The average molecular weight is 357 g/mol. The molecule has 0 spiro atoms. The molecule has 5 heterocycles. The quantitative estimate of drug-likeness (QED) is 0.870. The largest absolute Gasteiger partial charge is 0.454 e. The molecule has 2 bridgehead atoms. The molecule has 0 aromatic heterocycles. The SMILES string of the molecule is CC(C)(N)C(=O)N1C[C@@H](c2ccc3c(c2)OCO3)[C@@H]2[C@H]1C1CCN2CC1. The molecule has 26 heavy (non-hydrogen) atoms. The average Bonchev–Trinajstić information content (AvgIpc) is 3.26. The van der Waals surface area contributed by atoms with Crippen molar-refractivity contribution in [1.82, 2.24) is 9.80 Å². The number of carbonyl (C=O) groups is 1. The van der Waals surface area contributed by atoms with E-state index < -0.39 is 5.54 Å². The van der Waals surface area contributed by atoms with Crippen molar-refractivity contribution in [3.05, 3.63) is 23.8 Å². The van der Waals surface area contributed by atoms with Gasteiger partial charge < -0.3 is 20.1 Å². The first-order chi connectivity index (χ1) is 12.4. The van der Waals surface area contributed by atoms with E-state index in [0.29, 0.717) is 17.9 Å². The molecule has 1 aromatic rings. The number of piperidine rings is 3. The van der Waals surface area contributed by atoms with Crippen LogP contribution in [0, 0.1) is 5.92 Å². The summed E-state index contributed by atoms with van der Waals surface area (Å²) in [5.41, 5.74) is 6.60. The molecule has 0 aliphatic carbocycles. The number of ether oxygens (including phenoxy) is 2. The summed E-state index contributed by atoms with van der Waals surface area (Å²) in [5.74, 6) is 2.59. The third-order valence-electron chi connectivity index (χ3n) is 6.63. The number of amides is 1. The Labute approximate surface area is 154 Å². The van der Waals surface area contributed by atoms with Crippen molar-refractivity contribution in [2.45, 2.75) is 50.2 Å². The number of hydrogen-bond acceptors (Lipinski definition) is 5. The number of benzene rings is 1. The minimum absolute atomic E-state index is 0.0736. The Bertz CT molecular complexity index is 736. The molecule has 1 aromatic carbocycles. The lowest BCUT2D eigenvalue weighted by Gasteiger charge is -2.51. The molecule has 6 nitrogen and oxygen atoms in total. The van der Waals surface area contributed by atoms with Gasteiger partial charge in [0, 0.05) is 18.5 Å². The van der Waals surface area contributed by atoms with Crippen LogP contribution in [0.3, 0.4) is 0 Å². The summed E-state index contributed by atoms with van der Waals surface area (Å²) >= 11 is 0. The van der Waals surface area contributed by atoms with Crippen molar-refractivity contribution in [2.24, 2.45) is 11.7 Å². The number of nitrogens with two attached hydrogens (primary N) is 1. The van der Waals surface area contributed by atoms with E-state index in [0.717, 1.165) is 31.1 Å². The zero-order chi connectivity index (χ0) is 18.1. The lowest BCUT2D eigenvalue weighted by Crippen LogP contribution is -2.63. The number of fused-ring (bicyclic) bond motifs is 3. The number of rotatable bonds is 2. The van der Waals surface area contributed by atoms with Gasteiger partial charge in [0.15, 0.2) is 11.5 Å². The van der Waals surface area contributed by atoms with E-state index in [-0.39, 0.29) is 18.7 Å². The van der Waals surface area contributed by atoms with Crippen LogP contribution in [-0.2, 0) is 4.79 Å². The number of likely N-dealkylation sites (tertiary alicyclic amines) is 1. The summed E-state index contributed by atoms with van der Waals surface area (Å²) in [6.07, 6.45) is 2.37. The monoisotopic (exact) mass is 357 g/mol. The molecule has 0 radical (unpaired) electrons. The maximum Gasteiger partial charge on any atom is 0.242 e. The Hall–Kier alpha value is -1.79. The van der Waals surface area contributed by atoms with E-state index in [1.165, 1.54) is 18.4 Å². The molecule has 4 fully saturated rings. The van der Waals surface area contributed by atoms with Gasteiger partial charge in [-0.25, -0.2) is 0 Å². The van der Waals surface area contributed by atoms with Crippen LogP contribution in [0.5, 0.6) is 11.5 Å². The summed E-state index contributed by atoms with van der Waals surface area (Å²) < 4.78 is 11.1. The molecule has 5 aliphatic rings. The van der Waals surface area contributed by atoms with Gasteiger partial charge in [-0.2, -0.15) is 0 Å². The number of carbonyl (C=O) groups excluding carboxylic acids is 1. The first kappa shape index (κ1) is 16.4. The number of nitrogens with zero attached hydrogens (tertiary/aromatic N) is 2. The van der Waals surface area contributed by atoms with Gasteiger partial charge in [-0.3, -0.25) is 9.69 Å². The second-order valence-corrected chi connectivity index (χ2v) is 8.75. The second kappa shape index (κ2) is 5.60. The van der Waals surface area contributed by atoms with Crippen molar-refractivity contribution in [1.29, 1.82) is 0 Å². The van der Waals surface area contributed by atoms with E-state index in [1.54, 1.807) is 0 Å². The predicted molar refractivity (Wildman–Crippen MR) is 97.2 cm³/mol. The van der Waals surface area contributed by atoms with E-state index in [1.807, 2.05) is 19.9 Å². The second-order valence-electron chi connectivity index (χ2n) is 8.75. The predicted octanol–water partition coefficient (Wildman–Crippen LogP) is 1.54. The number of hydrogen-bond donors (Lipinski definition) is 1. The summed E-state index contributed by atoms with van der Waals surface area (Å²) in [6, 6.07) is 6.91. The zero-order valence-electron chi connectivity index (χ0n) is 15.5. The molecule has 3 atom stereocenters. The first-order valence-electron chi connectivity index (χ1n) is 9.67. The highest BCUT2D eigenvalue weighted by Gasteiger charge is 2.55. The van der Waals surface area contributed by atoms with E-state index in [9.17, 15) is 4.79 Å². The summed E-state index contributed by atoms with van der Waals surface area (Å²) in [6.45, 7) is 6.94. The van der Waals surface area contributed by atoms with Crippen LogP contribution in [0.15, 0.2) is 18.2 Å². The third kappa shape index (κ3) is 2.35. The van der Waals surface area contributed by atoms with Gasteiger partial charge in [-0.1, -0.05) is 6.07 Å². The normalized spacial score (nSPS) is 34.9. The van der Waals surface area contributed by atoms with Crippen LogP contribution in [-0.4, -0.2) is 59.8 Å². The molecule has 6 heteroatoms. The molecule has 140 valence electrons. The van der Waals surface area contributed by atoms with Crippen molar-refractivity contribution in [3.8, 4) is 11.5 Å². The van der Waals surface area contributed by atoms with Crippen LogP contribution >= 0.6 is 0 Å². The Morgan fingerprint density at radius 3 is 2.62 bits per heavy atom. The van der Waals surface area contributed by atoms with Crippen molar-refractivity contribution in [2.75, 3.05) is 26.4 Å². The molecule has 6 rings (SSSR count). The third-order valence-corrected chi connectivity index (χ3v) is 6.63. The molecule has 0 saturated carbocycles. The molecule has 2 N–H and O–H groups in total. The van der Waals surface area contributed by atoms with Gasteiger partial charge in [0.25, 0.3) is 0 Å². The summed E-state index contributed by atoms with van der Waals surface area (Å²) in [5, 5.41) is 0.